The third kappa shape index (κ3) is 2.70. The van der Waals surface area contributed by atoms with Crippen molar-refractivity contribution in [2.75, 3.05) is 6.54 Å². The highest BCUT2D eigenvalue weighted by molar-refractivity contribution is 6.30. The fourth-order valence-corrected chi connectivity index (χ4v) is 3.50. The van der Waals surface area contributed by atoms with E-state index < -0.39 is 6.10 Å². The molecule has 1 heterocycles. The van der Waals surface area contributed by atoms with Crippen molar-refractivity contribution in [1.82, 2.24) is 4.90 Å². The molecular weight excluding hydrogens is 290 g/mol. The fourth-order valence-electron chi connectivity index (χ4n) is 3.37. The monoisotopic (exact) mass is 307 g/mol. The van der Waals surface area contributed by atoms with Crippen LogP contribution in [0.2, 0.25) is 5.02 Å². The van der Waals surface area contributed by atoms with Gasteiger partial charge in [0.15, 0.2) is 0 Å². The third-order valence-electron chi connectivity index (χ3n) is 4.54. The number of β-amino-alcohol motifs (C(OH)–C–C–N with tert-alkyl or cyclic N) is 1. The molecule has 4 nitrogen and oxygen atoms in total. The molecule has 3 atom stereocenters. The number of carbonyl (C=O) groups excluding carboxylic acids is 2. The van der Waals surface area contributed by atoms with Crippen LogP contribution in [0.3, 0.4) is 0 Å². The van der Waals surface area contributed by atoms with E-state index in [-0.39, 0.29) is 30.2 Å². The molecule has 21 heavy (non-hydrogen) atoms. The summed E-state index contributed by atoms with van der Waals surface area (Å²) in [4.78, 5) is 25.9. The van der Waals surface area contributed by atoms with Crippen LogP contribution in [-0.4, -0.2) is 28.4 Å². The minimum Gasteiger partial charge on any atom is -0.387 e. The molecule has 1 N–H and O–H groups in total. The number of hydrogen-bond acceptors (Lipinski definition) is 3. The largest absolute Gasteiger partial charge is 0.387 e. The SMILES string of the molecule is O=C1[C@@H]2CCCC[C@H]2C(=O)N1C[C@@H](O)c1ccc(Cl)cc1. The van der Waals surface area contributed by atoms with Crippen molar-refractivity contribution >= 4 is 23.4 Å². The van der Waals surface area contributed by atoms with Crippen LogP contribution in [0.15, 0.2) is 24.3 Å². The summed E-state index contributed by atoms with van der Waals surface area (Å²) in [5.74, 6) is -0.553. The van der Waals surface area contributed by atoms with Gasteiger partial charge in [-0.05, 0) is 30.5 Å². The van der Waals surface area contributed by atoms with Gasteiger partial charge in [0.1, 0.15) is 0 Å². The van der Waals surface area contributed by atoms with Gasteiger partial charge in [-0.2, -0.15) is 0 Å². The molecule has 5 heteroatoms. The summed E-state index contributed by atoms with van der Waals surface area (Å²) in [6.45, 7) is 0.0340. The Kier molecular flexibility index (Phi) is 4.00. The maximum absolute atomic E-state index is 12.3. The first-order valence-electron chi connectivity index (χ1n) is 7.36. The van der Waals surface area contributed by atoms with Crippen LogP contribution in [0.5, 0.6) is 0 Å². The molecule has 3 rings (SSSR count). The maximum Gasteiger partial charge on any atom is 0.233 e. The average molecular weight is 308 g/mol. The Morgan fingerprint density at radius 3 is 2.14 bits per heavy atom. The minimum atomic E-state index is -0.865. The molecule has 1 aromatic rings. The van der Waals surface area contributed by atoms with Crippen molar-refractivity contribution in [3.8, 4) is 0 Å². The van der Waals surface area contributed by atoms with Crippen molar-refractivity contribution in [2.45, 2.75) is 31.8 Å². The highest BCUT2D eigenvalue weighted by Crippen LogP contribution is 2.38. The van der Waals surface area contributed by atoms with Crippen molar-refractivity contribution in [3.63, 3.8) is 0 Å². The molecule has 2 amide bonds. The van der Waals surface area contributed by atoms with E-state index in [4.69, 9.17) is 11.6 Å². The quantitative estimate of drug-likeness (QED) is 0.873. The normalized spacial score (nSPS) is 26.9. The standard InChI is InChI=1S/C16H18ClNO3/c17-11-7-5-10(6-8-11)14(19)9-18-15(20)12-3-1-2-4-13(12)16(18)21/h5-8,12-14,19H,1-4,9H2/t12-,13-,14-/m1/s1. The molecule has 1 aliphatic carbocycles. The Labute approximate surface area is 128 Å². The van der Waals surface area contributed by atoms with E-state index in [2.05, 4.69) is 0 Å². The highest BCUT2D eigenvalue weighted by Gasteiger charge is 2.48. The number of rotatable bonds is 3. The van der Waals surface area contributed by atoms with Crippen molar-refractivity contribution in [2.24, 2.45) is 11.8 Å². The van der Waals surface area contributed by atoms with Crippen LogP contribution in [-0.2, 0) is 9.59 Å². The number of amides is 2. The summed E-state index contributed by atoms with van der Waals surface area (Å²) in [5.41, 5.74) is 0.662. The number of aliphatic hydroxyl groups is 1. The molecule has 0 radical (unpaired) electrons. The summed E-state index contributed by atoms with van der Waals surface area (Å²) < 4.78 is 0. The van der Waals surface area contributed by atoms with Gasteiger partial charge in [-0.15, -0.1) is 0 Å². The Hall–Kier alpha value is -1.39. The third-order valence-corrected chi connectivity index (χ3v) is 4.79. The van der Waals surface area contributed by atoms with Gasteiger partial charge in [0.25, 0.3) is 0 Å². The zero-order valence-electron chi connectivity index (χ0n) is 11.7. The van der Waals surface area contributed by atoms with Crippen LogP contribution in [0.1, 0.15) is 37.4 Å². The molecule has 2 aliphatic rings. The maximum atomic E-state index is 12.3. The lowest BCUT2D eigenvalue weighted by Gasteiger charge is -2.19. The van der Waals surface area contributed by atoms with E-state index in [0.29, 0.717) is 10.6 Å². The highest BCUT2D eigenvalue weighted by atomic mass is 35.5. The molecule has 0 unspecified atom stereocenters. The smallest absolute Gasteiger partial charge is 0.233 e. The predicted molar refractivity (Wildman–Crippen MR) is 78.6 cm³/mol. The van der Waals surface area contributed by atoms with Gasteiger partial charge in [0.05, 0.1) is 24.5 Å². The zero-order chi connectivity index (χ0) is 15.0. The van der Waals surface area contributed by atoms with Crippen LogP contribution >= 0.6 is 11.6 Å². The molecule has 0 aromatic heterocycles. The number of hydrogen-bond donors (Lipinski definition) is 1. The zero-order valence-corrected chi connectivity index (χ0v) is 12.4. The Morgan fingerprint density at radius 1 is 1.10 bits per heavy atom. The lowest BCUT2D eigenvalue weighted by Crippen LogP contribution is -2.35. The van der Waals surface area contributed by atoms with E-state index in [1.54, 1.807) is 24.3 Å². The minimum absolute atomic E-state index is 0.0340. The van der Waals surface area contributed by atoms with Gasteiger partial charge in [-0.1, -0.05) is 36.6 Å². The second-order valence-corrected chi connectivity index (χ2v) is 6.29. The molecule has 1 aromatic carbocycles. The lowest BCUT2D eigenvalue weighted by molar-refractivity contribution is -0.141. The first-order chi connectivity index (χ1) is 10.1. The molecule has 0 bridgehead atoms. The second-order valence-electron chi connectivity index (χ2n) is 5.85. The van der Waals surface area contributed by atoms with Gasteiger partial charge in [0, 0.05) is 5.02 Å². The summed E-state index contributed by atoms with van der Waals surface area (Å²) in [5, 5.41) is 10.8. The lowest BCUT2D eigenvalue weighted by atomic mass is 9.81. The summed E-state index contributed by atoms with van der Waals surface area (Å²) >= 11 is 5.82. The first kappa shape index (κ1) is 14.5. The van der Waals surface area contributed by atoms with Crippen LogP contribution in [0.4, 0.5) is 0 Å². The molecule has 1 aliphatic heterocycles. The molecular formula is C16H18ClNO3. The fraction of sp³-hybridized carbons (Fsp3) is 0.500. The number of nitrogens with zero attached hydrogens (tertiary/aromatic N) is 1. The topological polar surface area (TPSA) is 57.6 Å². The van der Waals surface area contributed by atoms with Gasteiger partial charge in [0.2, 0.25) is 11.8 Å². The van der Waals surface area contributed by atoms with E-state index >= 15 is 0 Å². The number of imide groups is 1. The molecule has 1 saturated carbocycles. The second kappa shape index (κ2) is 5.78. The van der Waals surface area contributed by atoms with E-state index in [9.17, 15) is 14.7 Å². The van der Waals surface area contributed by atoms with Crippen LogP contribution in [0.25, 0.3) is 0 Å². The van der Waals surface area contributed by atoms with Gasteiger partial charge < -0.3 is 5.11 Å². The van der Waals surface area contributed by atoms with Gasteiger partial charge in [-0.3, -0.25) is 14.5 Å². The molecule has 1 saturated heterocycles. The summed E-state index contributed by atoms with van der Waals surface area (Å²) in [7, 11) is 0. The number of benzene rings is 1. The van der Waals surface area contributed by atoms with Crippen molar-refractivity contribution in [1.29, 1.82) is 0 Å². The number of likely N-dealkylation sites (tertiary alicyclic amines) is 1. The first-order valence-corrected chi connectivity index (χ1v) is 7.74. The van der Waals surface area contributed by atoms with Gasteiger partial charge >= 0.3 is 0 Å². The van der Waals surface area contributed by atoms with Gasteiger partial charge in [-0.25, -0.2) is 0 Å². The predicted octanol–water partition coefficient (Wildman–Crippen LogP) is 2.55. The molecule has 2 fully saturated rings. The Bertz CT molecular complexity index is 533. The van der Waals surface area contributed by atoms with E-state index in [0.717, 1.165) is 25.7 Å². The van der Waals surface area contributed by atoms with Crippen LogP contribution < -0.4 is 0 Å². The summed E-state index contributed by atoms with van der Waals surface area (Å²) in [6.07, 6.45) is 2.74. The number of carbonyl (C=O) groups is 2. The molecule has 112 valence electrons. The molecule has 0 spiro atoms. The van der Waals surface area contributed by atoms with E-state index in [1.807, 2.05) is 0 Å². The summed E-state index contributed by atoms with van der Waals surface area (Å²) in [6, 6.07) is 6.80. The average Bonchev–Trinajstić information content (AvgIpc) is 2.73. The number of halogens is 1. The van der Waals surface area contributed by atoms with E-state index in [1.165, 1.54) is 4.90 Å². The number of fused-ring (bicyclic) bond motifs is 1. The Morgan fingerprint density at radius 2 is 1.62 bits per heavy atom. The van der Waals surface area contributed by atoms with Crippen LogP contribution in [0, 0.1) is 11.8 Å². The Balaban J connectivity index is 1.73. The van der Waals surface area contributed by atoms with Crippen molar-refractivity contribution < 1.29 is 14.7 Å². The van der Waals surface area contributed by atoms with Crippen molar-refractivity contribution in [3.05, 3.63) is 34.9 Å². The number of aliphatic hydroxyl groups excluding tert-OH is 1.